The maximum Gasteiger partial charge on any atom is 0.409 e. The van der Waals surface area contributed by atoms with Gasteiger partial charge in [0.25, 0.3) is 11.8 Å². The Bertz CT molecular complexity index is 864. The number of amides is 3. The van der Waals surface area contributed by atoms with Gasteiger partial charge in [-0.3, -0.25) is 14.6 Å². The van der Waals surface area contributed by atoms with Crippen molar-refractivity contribution in [1.82, 2.24) is 15.2 Å². The van der Waals surface area contributed by atoms with Gasteiger partial charge >= 0.3 is 6.09 Å². The molecule has 0 unspecified atom stereocenters. The van der Waals surface area contributed by atoms with Gasteiger partial charge in [-0.1, -0.05) is 18.2 Å². The maximum atomic E-state index is 12.6. The Kier molecular flexibility index (Phi) is 6.78. The summed E-state index contributed by atoms with van der Waals surface area (Å²) < 4.78 is 5.00. The molecule has 2 heterocycles. The van der Waals surface area contributed by atoms with Gasteiger partial charge in [-0.05, 0) is 44.0 Å². The van der Waals surface area contributed by atoms with Gasteiger partial charge in [0.2, 0.25) is 0 Å². The summed E-state index contributed by atoms with van der Waals surface area (Å²) in [5, 5.41) is 5.71. The van der Waals surface area contributed by atoms with Gasteiger partial charge in [-0.2, -0.15) is 0 Å². The fourth-order valence-electron chi connectivity index (χ4n) is 3.10. The van der Waals surface area contributed by atoms with Crippen LogP contribution in [0.25, 0.3) is 0 Å². The number of hydrogen-bond donors (Lipinski definition) is 2. The molecule has 0 bridgehead atoms. The van der Waals surface area contributed by atoms with E-state index < -0.39 is 0 Å². The van der Waals surface area contributed by atoms with Gasteiger partial charge in [0.15, 0.2) is 0 Å². The van der Waals surface area contributed by atoms with Crippen molar-refractivity contribution in [2.45, 2.75) is 25.8 Å². The predicted molar refractivity (Wildman–Crippen MR) is 108 cm³/mol. The number of para-hydroxylation sites is 1. The second kappa shape index (κ2) is 9.68. The topological polar surface area (TPSA) is 101 Å². The van der Waals surface area contributed by atoms with E-state index in [1.165, 1.54) is 12.3 Å². The van der Waals surface area contributed by atoms with Crippen LogP contribution < -0.4 is 10.6 Å². The van der Waals surface area contributed by atoms with Gasteiger partial charge in [0, 0.05) is 36.6 Å². The Morgan fingerprint density at radius 2 is 1.83 bits per heavy atom. The van der Waals surface area contributed by atoms with Crippen molar-refractivity contribution < 1.29 is 19.1 Å². The van der Waals surface area contributed by atoms with Gasteiger partial charge in [-0.15, -0.1) is 0 Å². The third-order valence-electron chi connectivity index (χ3n) is 4.64. The molecule has 29 heavy (non-hydrogen) atoms. The Hall–Kier alpha value is -3.42. The Morgan fingerprint density at radius 3 is 2.52 bits per heavy atom. The molecule has 0 radical (unpaired) electrons. The molecular formula is C21H24N4O4. The van der Waals surface area contributed by atoms with Gasteiger partial charge in [-0.25, -0.2) is 4.79 Å². The van der Waals surface area contributed by atoms with E-state index in [0.29, 0.717) is 43.8 Å². The number of nitrogens with zero attached hydrogens (tertiary/aromatic N) is 2. The van der Waals surface area contributed by atoms with Crippen molar-refractivity contribution in [2.75, 3.05) is 25.0 Å². The molecule has 0 aliphatic carbocycles. The molecule has 8 heteroatoms. The first kappa shape index (κ1) is 20.3. The molecular weight excluding hydrogens is 372 g/mol. The molecule has 3 amide bonds. The van der Waals surface area contributed by atoms with E-state index in [1.807, 2.05) is 18.2 Å². The van der Waals surface area contributed by atoms with Crippen molar-refractivity contribution in [3.05, 3.63) is 59.9 Å². The molecule has 0 spiro atoms. The minimum atomic E-state index is -0.339. The normalized spacial score (nSPS) is 14.2. The van der Waals surface area contributed by atoms with Crippen LogP contribution in [0.3, 0.4) is 0 Å². The second-order valence-corrected chi connectivity index (χ2v) is 6.68. The first-order valence-electron chi connectivity index (χ1n) is 9.62. The Balaban J connectivity index is 1.56. The average Bonchev–Trinajstić information content (AvgIpc) is 2.75. The lowest BCUT2D eigenvalue weighted by Crippen LogP contribution is -2.46. The molecule has 1 fully saturated rings. The van der Waals surface area contributed by atoms with Crippen LogP contribution in [0.2, 0.25) is 0 Å². The van der Waals surface area contributed by atoms with E-state index in [0.717, 1.165) is 0 Å². The summed E-state index contributed by atoms with van der Waals surface area (Å²) in [7, 11) is 0. The lowest BCUT2D eigenvalue weighted by molar-refractivity contribution is 0.0856. The zero-order valence-corrected chi connectivity index (χ0v) is 16.3. The van der Waals surface area contributed by atoms with Crippen LogP contribution in [0, 0.1) is 0 Å². The smallest absolute Gasteiger partial charge is 0.409 e. The highest BCUT2D eigenvalue weighted by Crippen LogP contribution is 2.13. The molecule has 2 N–H and O–H groups in total. The van der Waals surface area contributed by atoms with Crippen LogP contribution in [0.4, 0.5) is 10.5 Å². The molecule has 0 atom stereocenters. The lowest BCUT2D eigenvalue weighted by atomic mass is 10.1. The van der Waals surface area contributed by atoms with Crippen molar-refractivity contribution >= 4 is 23.6 Å². The number of ether oxygens (including phenoxy) is 1. The Morgan fingerprint density at radius 1 is 1.10 bits per heavy atom. The summed E-state index contributed by atoms with van der Waals surface area (Å²) in [5.41, 5.74) is 1.21. The first-order valence-corrected chi connectivity index (χ1v) is 9.62. The van der Waals surface area contributed by atoms with Gasteiger partial charge in [0.1, 0.15) is 5.69 Å². The van der Waals surface area contributed by atoms with E-state index >= 15 is 0 Å². The molecule has 1 saturated heterocycles. The number of rotatable bonds is 5. The number of carbonyl (C=O) groups excluding carboxylic acids is 3. The molecule has 2 aromatic rings. The summed E-state index contributed by atoms with van der Waals surface area (Å²) in [5.74, 6) is -0.649. The maximum absolute atomic E-state index is 12.6. The highest BCUT2D eigenvalue weighted by Gasteiger charge is 2.25. The number of aromatic nitrogens is 1. The fourth-order valence-corrected chi connectivity index (χ4v) is 3.10. The number of anilines is 1. The van der Waals surface area contributed by atoms with E-state index in [2.05, 4.69) is 15.6 Å². The van der Waals surface area contributed by atoms with Crippen LogP contribution in [0.15, 0.2) is 48.7 Å². The lowest BCUT2D eigenvalue weighted by Gasteiger charge is -2.31. The van der Waals surface area contributed by atoms with Gasteiger partial charge < -0.3 is 20.3 Å². The van der Waals surface area contributed by atoms with E-state index in [1.54, 1.807) is 30.0 Å². The fraction of sp³-hybridized carbons (Fsp3) is 0.333. The summed E-state index contributed by atoms with van der Waals surface area (Å²) >= 11 is 0. The van der Waals surface area contributed by atoms with Crippen LogP contribution in [0.5, 0.6) is 0 Å². The minimum absolute atomic E-state index is 0.0585. The zero-order valence-electron chi connectivity index (χ0n) is 16.3. The summed E-state index contributed by atoms with van der Waals surface area (Å²) in [6.07, 6.45) is 2.39. The zero-order chi connectivity index (χ0) is 20.6. The number of carbonyl (C=O) groups is 3. The molecule has 1 aliphatic heterocycles. The number of pyridine rings is 1. The first-order chi connectivity index (χ1) is 14.1. The predicted octanol–water partition coefficient (Wildman–Crippen LogP) is 2.68. The second-order valence-electron chi connectivity index (χ2n) is 6.68. The number of piperidine rings is 1. The number of nitrogens with one attached hydrogen (secondary N) is 2. The van der Waals surface area contributed by atoms with Gasteiger partial charge in [0.05, 0.1) is 6.61 Å². The molecule has 8 nitrogen and oxygen atoms in total. The number of hydrogen-bond acceptors (Lipinski definition) is 5. The average molecular weight is 396 g/mol. The van der Waals surface area contributed by atoms with Crippen LogP contribution in [0.1, 0.15) is 40.6 Å². The third-order valence-corrected chi connectivity index (χ3v) is 4.64. The molecule has 1 aromatic carbocycles. The SMILES string of the molecule is CCOC(=O)N1CCC(NC(=O)c2cc(C(=O)Nc3ccccc3)ccn2)CC1. The van der Waals surface area contributed by atoms with Crippen LogP contribution in [-0.4, -0.2) is 53.5 Å². The number of likely N-dealkylation sites (tertiary alicyclic amines) is 1. The van der Waals surface area contributed by atoms with Crippen molar-refractivity contribution in [2.24, 2.45) is 0 Å². The Labute approximate surface area is 169 Å². The summed E-state index contributed by atoms with van der Waals surface area (Å²) in [6, 6.07) is 12.1. The van der Waals surface area contributed by atoms with Crippen molar-refractivity contribution in [3.8, 4) is 0 Å². The van der Waals surface area contributed by atoms with E-state index in [9.17, 15) is 14.4 Å². The van der Waals surface area contributed by atoms with E-state index in [-0.39, 0.29) is 29.6 Å². The molecule has 0 saturated carbocycles. The summed E-state index contributed by atoms with van der Waals surface area (Å²) in [6.45, 7) is 3.16. The quantitative estimate of drug-likeness (QED) is 0.809. The minimum Gasteiger partial charge on any atom is -0.450 e. The molecule has 1 aromatic heterocycles. The third kappa shape index (κ3) is 5.54. The molecule has 1 aliphatic rings. The van der Waals surface area contributed by atoms with E-state index in [4.69, 9.17) is 4.74 Å². The highest BCUT2D eigenvalue weighted by molar-refractivity contribution is 6.05. The molecule has 152 valence electrons. The standard InChI is InChI=1S/C21H24N4O4/c1-2-29-21(28)25-12-9-17(10-13-25)24-20(27)18-14-15(8-11-22-18)19(26)23-16-6-4-3-5-7-16/h3-8,11,14,17H,2,9-10,12-13H2,1H3,(H,23,26)(H,24,27). The van der Waals surface area contributed by atoms with Crippen molar-refractivity contribution in [3.63, 3.8) is 0 Å². The number of benzene rings is 1. The summed E-state index contributed by atoms with van der Waals surface area (Å²) in [4.78, 5) is 42.4. The van der Waals surface area contributed by atoms with Crippen molar-refractivity contribution in [1.29, 1.82) is 0 Å². The van der Waals surface area contributed by atoms with Crippen LogP contribution >= 0.6 is 0 Å². The largest absolute Gasteiger partial charge is 0.450 e. The highest BCUT2D eigenvalue weighted by atomic mass is 16.6. The molecule has 3 rings (SSSR count). The van der Waals surface area contributed by atoms with Crippen LogP contribution in [-0.2, 0) is 4.74 Å². The monoisotopic (exact) mass is 396 g/mol.